The second kappa shape index (κ2) is 4.16. The summed E-state index contributed by atoms with van der Waals surface area (Å²) in [4.78, 5) is 8.31. The third-order valence-electron chi connectivity index (χ3n) is 1.35. The van der Waals surface area contributed by atoms with Crippen molar-refractivity contribution in [1.82, 2.24) is 9.97 Å². The van der Waals surface area contributed by atoms with Gasteiger partial charge in [0.1, 0.15) is 0 Å². The van der Waals surface area contributed by atoms with Crippen LogP contribution in [0.2, 0.25) is 0 Å². The fourth-order valence-electron chi connectivity index (χ4n) is 0.864. The SMILES string of the molecule is CC.Cc1cc2ncsc2cn1. The zero-order valence-electron chi connectivity index (χ0n) is 7.53. The molecule has 0 fully saturated rings. The van der Waals surface area contributed by atoms with Gasteiger partial charge in [0.2, 0.25) is 0 Å². The molecule has 0 bridgehead atoms. The standard InChI is InChI=1S/C7H6N2S.C2H6/c1-5-2-6-7(3-8-5)10-4-9-6;1-2/h2-4H,1H3;1-2H3. The zero-order chi connectivity index (χ0) is 8.97. The predicted octanol–water partition coefficient (Wildman–Crippen LogP) is 3.03. The van der Waals surface area contributed by atoms with Crippen LogP contribution in [-0.2, 0) is 0 Å². The van der Waals surface area contributed by atoms with Crippen molar-refractivity contribution in [3.8, 4) is 0 Å². The minimum Gasteiger partial charge on any atom is -0.260 e. The van der Waals surface area contributed by atoms with Gasteiger partial charge in [-0.3, -0.25) is 4.98 Å². The molecule has 0 aliphatic carbocycles. The molecule has 2 aromatic heterocycles. The van der Waals surface area contributed by atoms with E-state index in [9.17, 15) is 0 Å². The molecule has 12 heavy (non-hydrogen) atoms. The number of aryl methyl sites for hydroxylation is 1. The Hall–Kier alpha value is -0.960. The highest BCUT2D eigenvalue weighted by atomic mass is 32.1. The smallest absolute Gasteiger partial charge is 0.0845 e. The highest BCUT2D eigenvalue weighted by molar-refractivity contribution is 7.16. The average Bonchev–Trinajstić information content (AvgIpc) is 2.54. The first-order valence-corrected chi connectivity index (χ1v) is 4.90. The van der Waals surface area contributed by atoms with E-state index < -0.39 is 0 Å². The summed E-state index contributed by atoms with van der Waals surface area (Å²) in [6.45, 7) is 5.97. The van der Waals surface area contributed by atoms with E-state index in [1.165, 1.54) is 0 Å². The van der Waals surface area contributed by atoms with E-state index in [0.29, 0.717) is 0 Å². The molecule has 2 heterocycles. The second-order valence-electron chi connectivity index (χ2n) is 2.15. The monoisotopic (exact) mass is 180 g/mol. The Labute approximate surface area is 76.3 Å². The zero-order valence-corrected chi connectivity index (χ0v) is 8.35. The molecule has 0 atom stereocenters. The van der Waals surface area contributed by atoms with Gasteiger partial charge < -0.3 is 0 Å². The lowest BCUT2D eigenvalue weighted by molar-refractivity contribution is 1.22. The van der Waals surface area contributed by atoms with Crippen molar-refractivity contribution < 1.29 is 0 Å². The first-order chi connectivity index (χ1) is 5.86. The summed E-state index contributed by atoms with van der Waals surface area (Å²) in [6.07, 6.45) is 1.86. The summed E-state index contributed by atoms with van der Waals surface area (Å²) in [6, 6.07) is 1.99. The van der Waals surface area contributed by atoms with Crippen LogP contribution >= 0.6 is 11.3 Å². The van der Waals surface area contributed by atoms with Gasteiger partial charge in [-0.1, -0.05) is 13.8 Å². The van der Waals surface area contributed by atoms with Gasteiger partial charge in [-0.15, -0.1) is 11.3 Å². The lowest BCUT2D eigenvalue weighted by Gasteiger charge is -1.87. The fourth-order valence-corrected chi connectivity index (χ4v) is 1.49. The van der Waals surface area contributed by atoms with E-state index >= 15 is 0 Å². The van der Waals surface area contributed by atoms with E-state index in [1.807, 2.05) is 38.5 Å². The van der Waals surface area contributed by atoms with E-state index in [0.717, 1.165) is 15.9 Å². The van der Waals surface area contributed by atoms with Crippen molar-refractivity contribution in [1.29, 1.82) is 0 Å². The number of aromatic nitrogens is 2. The van der Waals surface area contributed by atoms with Crippen molar-refractivity contribution in [2.75, 3.05) is 0 Å². The number of hydrogen-bond acceptors (Lipinski definition) is 3. The van der Waals surface area contributed by atoms with Crippen molar-refractivity contribution in [2.24, 2.45) is 0 Å². The summed E-state index contributed by atoms with van der Waals surface area (Å²) >= 11 is 1.62. The molecule has 0 radical (unpaired) electrons. The van der Waals surface area contributed by atoms with Crippen LogP contribution in [0, 0.1) is 6.92 Å². The van der Waals surface area contributed by atoms with Crippen LogP contribution in [-0.4, -0.2) is 9.97 Å². The first-order valence-electron chi connectivity index (χ1n) is 4.02. The van der Waals surface area contributed by atoms with E-state index in [1.54, 1.807) is 11.3 Å². The Balaban J connectivity index is 0.000000336. The van der Waals surface area contributed by atoms with Crippen LogP contribution in [0.4, 0.5) is 0 Å². The molecule has 2 nitrogen and oxygen atoms in total. The van der Waals surface area contributed by atoms with Crippen molar-refractivity contribution in [2.45, 2.75) is 20.8 Å². The second-order valence-corrected chi connectivity index (χ2v) is 3.03. The molecule has 0 N–H and O–H groups in total. The molecule has 0 spiro atoms. The number of rotatable bonds is 0. The highest BCUT2D eigenvalue weighted by Crippen LogP contribution is 2.15. The highest BCUT2D eigenvalue weighted by Gasteiger charge is 1.94. The molecule has 2 rings (SSSR count). The molecule has 0 amide bonds. The van der Waals surface area contributed by atoms with E-state index in [4.69, 9.17) is 0 Å². The van der Waals surface area contributed by atoms with Crippen LogP contribution in [0.3, 0.4) is 0 Å². The quantitative estimate of drug-likeness (QED) is 0.622. The fraction of sp³-hybridized carbons (Fsp3) is 0.333. The maximum absolute atomic E-state index is 4.16. The van der Waals surface area contributed by atoms with Gasteiger partial charge in [0.25, 0.3) is 0 Å². The molecule has 0 unspecified atom stereocenters. The number of pyridine rings is 1. The molecule has 0 saturated heterocycles. The molecule has 3 heteroatoms. The van der Waals surface area contributed by atoms with E-state index in [2.05, 4.69) is 9.97 Å². The van der Waals surface area contributed by atoms with Gasteiger partial charge in [-0.2, -0.15) is 0 Å². The van der Waals surface area contributed by atoms with Gasteiger partial charge in [0.05, 0.1) is 15.7 Å². The molecule has 0 aliphatic rings. The minimum atomic E-state index is 1.03. The van der Waals surface area contributed by atoms with Crippen molar-refractivity contribution in [3.63, 3.8) is 0 Å². The third-order valence-corrected chi connectivity index (χ3v) is 2.13. The van der Waals surface area contributed by atoms with Crippen molar-refractivity contribution >= 4 is 21.6 Å². The summed E-state index contributed by atoms with van der Waals surface area (Å²) in [5, 5.41) is 0. The number of thiazole rings is 1. The van der Waals surface area contributed by atoms with Gasteiger partial charge >= 0.3 is 0 Å². The van der Waals surface area contributed by atoms with Gasteiger partial charge in [0.15, 0.2) is 0 Å². The lowest BCUT2D eigenvalue weighted by Crippen LogP contribution is -1.77. The van der Waals surface area contributed by atoms with Crippen LogP contribution in [0.25, 0.3) is 10.2 Å². The normalized spacial score (nSPS) is 9.25. The molecule has 0 aliphatic heterocycles. The maximum Gasteiger partial charge on any atom is 0.0845 e. The number of nitrogens with zero attached hydrogens (tertiary/aromatic N) is 2. The topological polar surface area (TPSA) is 25.8 Å². The Morgan fingerprint density at radius 2 is 2.00 bits per heavy atom. The van der Waals surface area contributed by atoms with Crippen LogP contribution in [0.1, 0.15) is 19.5 Å². The number of hydrogen-bond donors (Lipinski definition) is 0. The Morgan fingerprint density at radius 3 is 2.75 bits per heavy atom. The summed E-state index contributed by atoms with van der Waals surface area (Å²) in [5.74, 6) is 0. The summed E-state index contributed by atoms with van der Waals surface area (Å²) in [7, 11) is 0. The maximum atomic E-state index is 4.16. The Bertz CT molecular complexity index is 354. The van der Waals surface area contributed by atoms with Gasteiger partial charge in [0, 0.05) is 11.9 Å². The largest absolute Gasteiger partial charge is 0.260 e. The van der Waals surface area contributed by atoms with Crippen molar-refractivity contribution in [3.05, 3.63) is 23.5 Å². The van der Waals surface area contributed by atoms with Gasteiger partial charge in [-0.25, -0.2) is 4.98 Å². The molecular weight excluding hydrogens is 168 g/mol. The molecule has 0 aromatic carbocycles. The predicted molar refractivity (Wildman–Crippen MR) is 53.5 cm³/mol. The van der Waals surface area contributed by atoms with E-state index in [-0.39, 0.29) is 0 Å². The summed E-state index contributed by atoms with van der Waals surface area (Å²) < 4.78 is 1.16. The van der Waals surface area contributed by atoms with Crippen LogP contribution < -0.4 is 0 Å². The molecule has 0 saturated carbocycles. The Kier molecular flexibility index (Phi) is 3.17. The Morgan fingerprint density at radius 1 is 1.25 bits per heavy atom. The minimum absolute atomic E-state index is 1.03. The van der Waals surface area contributed by atoms with Crippen LogP contribution in [0.5, 0.6) is 0 Å². The molecular formula is C9H12N2S. The molecule has 2 aromatic rings. The average molecular weight is 180 g/mol. The summed E-state index contributed by atoms with van der Waals surface area (Å²) in [5.41, 5.74) is 3.92. The van der Waals surface area contributed by atoms with Gasteiger partial charge in [-0.05, 0) is 13.0 Å². The number of fused-ring (bicyclic) bond motifs is 1. The lowest BCUT2D eigenvalue weighted by atomic mass is 10.4. The van der Waals surface area contributed by atoms with Crippen LogP contribution in [0.15, 0.2) is 17.8 Å². The molecule has 64 valence electrons. The third kappa shape index (κ3) is 1.80. The first kappa shape index (κ1) is 9.13.